The Hall–Kier alpha value is -2.89. The van der Waals surface area contributed by atoms with Crippen LogP contribution in [0.3, 0.4) is 0 Å². The number of rotatable bonds is 14. The van der Waals surface area contributed by atoms with Gasteiger partial charge in [-0.15, -0.1) is 0 Å². The van der Waals surface area contributed by atoms with Gasteiger partial charge in [0.2, 0.25) is 17.7 Å². The van der Waals surface area contributed by atoms with Gasteiger partial charge in [-0.1, -0.05) is 27.7 Å². The number of nitrogens with two attached hydrogens (primary N) is 3. The molecule has 0 saturated heterocycles. The average molecular weight is 458 g/mol. The van der Waals surface area contributed by atoms with Crippen molar-refractivity contribution < 1.29 is 24.3 Å². The summed E-state index contributed by atoms with van der Waals surface area (Å²) in [6.07, 6.45) is 0.750. The molecule has 184 valence electrons. The Bertz CT molecular complexity index is 675. The minimum absolute atomic E-state index is 0.0325. The van der Waals surface area contributed by atoms with Crippen LogP contribution in [0, 0.1) is 11.8 Å². The molecule has 0 saturated carbocycles. The van der Waals surface area contributed by atoms with E-state index in [2.05, 4.69) is 20.9 Å². The Labute approximate surface area is 189 Å². The normalized spacial score (nSPS) is 14.8. The van der Waals surface area contributed by atoms with E-state index in [1.165, 1.54) is 6.92 Å². The lowest BCUT2D eigenvalue weighted by atomic mass is 10.0. The number of carboxylic acids is 1. The molecule has 0 heterocycles. The molecule has 12 heteroatoms. The maximum Gasteiger partial charge on any atom is 0.326 e. The molecule has 4 unspecified atom stereocenters. The number of nitrogens with one attached hydrogen (secondary N) is 3. The lowest BCUT2D eigenvalue weighted by Crippen LogP contribution is -2.58. The molecule has 3 amide bonds. The van der Waals surface area contributed by atoms with Crippen molar-refractivity contribution in [1.29, 1.82) is 0 Å². The molecule has 0 aliphatic heterocycles. The quantitative estimate of drug-likeness (QED) is 0.0935. The number of carboxylic acid groups (broad SMARTS) is 1. The number of carbonyl (C=O) groups is 4. The number of hydrogen-bond donors (Lipinski definition) is 7. The van der Waals surface area contributed by atoms with Gasteiger partial charge in [-0.25, -0.2) is 4.79 Å². The van der Waals surface area contributed by atoms with E-state index in [1.54, 1.807) is 13.8 Å². The summed E-state index contributed by atoms with van der Waals surface area (Å²) in [5.41, 5.74) is 16.2. The second kappa shape index (κ2) is 14.2. The van der Waals surface area contributed by atoms with E-state index in [0.717, 1.165) is 0 Å². The first-order valence-electron chi connectivity index (χ1n) is 10.7. The fraction of sp³-hybridized carbons (Fsp3) is 0.750. The number of nitrogens with zero attached hydrogens (tertiary/aromatic N) is 1. The summed E-state index contributed by atoms with van der Waals surface area (Å²) in [5, 5.41) is 17.1. The van der Waals surface area contributed by atoms with Crippen molar-refractivity contribution in [2.45, 2.75) is 78.0 Å². The van der Waals surface area contributed by atoms with Gasteiger partial charge in [-0.05, 0) is 38.0 Å². The van der Waals surface area contributed by atoms with Crippen molar-refractivity contribution in [3.8, 4) is 0 Å². The van der Waals surface area contributed by atoms with E-state index in [-0.39, 0.29) is 37.2 Å². The molecule has 0 rings (SSSR count). The van der Waals surface area contributed by atoms with Gasteiger partial charge in [-0.2, -0.15) is 0 Å². The first kappa shape index (κ1) is 29.1. The van der Waals surface area contributed by atoms with Crippen molar-refractivity contribution in [2.24, 2.45) is 34.0 Å². The van der Waals surface area contributed by atoms with Crippen molar-refractivity contribution in [1.82, 2.24) is 16.0 Å². The highest BCUT2D eigenvalue weighted by Crippen LogP contribution is 2.08. The Balaban J connectivity index is 5.49. The molecule has 0 aromatic heterocycles. The summed E-state index contributed by atoms with van der Waals surface area (Å²) in [5.74, 6) is -3.24. The van der Waals surface area contributed by atoms with E-state index < -0.39 is 47.9 Å². The van der Waals surface area contributed by atoms with Crippen LogP contribution in [0.25, 0.3) is 0 Å². The third-order valence-corrected chi connectivity index (χ3v) is 4.56. The zero-order valence-electron chi connectivity index (χ0n) is 19.6. The van der Waals surface area contributed by atoms with Gasteiger partial charge in [0.05, 0.1) is 6.04 Å². The van der Waals surface area contributed by atoms with E-state index >= 15 is 0 Å². The van der Waals surface area contributed by atoms with Crippen molar-refractivity contribution in [3.05, 3.63) is 0 Å². The van der Waals surface area contributed by atoms with Gasteiger partial charge in [0.1, 0.15) is 18.1 Å². The van der Waals surface area contributed by atoms with Crippen LogP contribution in [-0.2, 0) is 19.2 Å². The highest BCUT2D eigenvalue weighted by molar-refractivity contribution is 5.94. The van der Waals surface area contributed by atoms with Crippen LogP contribution < -0.4 is 33.2 Å². The first-order valence-corrected chi connectivity index (χ1v) is 10.7. The number of aliphatic carboxylic acids is 1. The van der Waals surface area contributed by atoms with Gasteiger partial charge >= 0.3 is 5.97 Å². The molecule has 0 bridgehead atoms. The Morgan fingerprint density at radius 2 is 1.44 bits per heavy atom. The van der Waals surface area contributed by atoms with Crippen LogP contribution in [0.2, 0.25) is 0 Å². The minimum atomic E-state index is -1.16. The zero-order chi connectivity index (χ0) is 25.0. The molecule has 0 aromatic carbocycles. The summed E-state index contributed by atoms with van der Waals surface area (Å²) in [7, 11) is 0. The molecule has 4 atom stereocenters. The van der Waals surface area contributed by atoms with Crippen molar-refractivity contribution >= 4 is 29.7 Å². The van der Waals surface area contributed by atoms with E-state index in [0.29, 0.717) is 6.42 Å². The van der Waals surface area contributed by atoms with Crippen LogP contribution >= 0.6 is 0 Å². The van der Waals surface area contributed by atoms with Gasteiger partial charge in [0, 0.05) is 6.54 Å². The molecule has 32 heavy (non-hydrogen) atoms. The topological polar surface area (TPSA) is 215 Å². The standard InChI is InChI=1S/C20H39N7O5/c1-10(2)9-14(19(31)32)26-17(29)13(7-6-8-24-20(22)23)25-18(30)15(11(3)4)27-16(28)12(5)21/h10-15H,6-9,21H2,1-5H3,(H,25,30)(H,26,29)(H,27,28)(H,31,32)(H4,22,23,24). The summed E-state index contributed by atoms with van der Waals surface area (Å²) in [6.45, 7) is 8.87. The third kappa shape index (κ3) is 11.5. The van der Waals surface area contributed by atoms with E-state index in [4.69, 9.17) is 17.2 Å². The first-order chi connectivity index (χ1) is 14.8. The molecule has 0 spiro atoms. The predicted octanol–water partition coefficient (Wildman–Crippen LogP) is -1.37. The predicted molar refractivity (Wildman–Crippen MR) is 121 cm³/mol. The smallest absolute Gasteiger partial charge is 0.326 e. The van der Waals surface area contributed by atoms with Crippen LogP contribution in [0.4, 0.5) is 0 Å². The van der Waals surface area contributed by atoms with Crippen LogP contribution in [-0.4, -0.2) is 65.5 Å². The zero-order valence-corrected chi connectivity index (χ0v) is 19.6. The van der Waals surface area contributed by atoms with Gasteiger partial charge in [-0.3, -0.25) is 19.4 Å². The summed E-state index contributed by atoms with van der Waals surface area (Å²) in [6, 6.07) is -3.88. The molecule has 0 aliphatic rings. The number of carbonyl (C=O) groups excluding carboxylic acids is 3. The summed E-state index contributed by atoms with van der Waals surface area (Å²) < 4.78 is 0. The third-order valence-electron chi connectivity index (χ3n) is 4.56. The van der Waals surface area contributed by atoms with Crippen molar-refractivity contribution in [3.63, 3.8) is 0 Å². The van der Waals surface area contributed by atoms with E-state index in [1.807, 2.05) is 13.8 Å². The lowest BCUT2D eigenvalue weighted by molar-refractivity contribution is -0.143. The fourth-order valence-corrected chi connectivity index (χ4v) is 2.82. The fourth-order valence-electron chi connectivity index (χ4n) is 2.82. The Morgan fingerprint density at radius 1 is 0.875 bits per heavy atom. The average Bonchev–Trinajstić information content (AvgIpc) is 2.66. The van der Waals surface area contributed by atoms with Gasteiger partial charge in [0.25, 0.3) is 0 Å². The minimum Gasteiger partial charge on any atom is -0.480 e. The number of amides is 3. The molecule has 0 radical (unpaired) electrons. The van der Waals surface area contributed by atoms with Gasteiger partial charge < -0.3 is 38.3 Å². The van der Waals surface area contributed by atoms with Crippen LogP contribution in [0.1, 0.15) is 53.9 Å². The molecular formula is C20H39N7O5. The maximum absolute atomic E-state index is 12.9. The van der Waals surface area contributed by atoms with Crippen LogP contribution in [0.15, 0.2) is 4.99 Å². The molecule has 0 aliphatic carbocycles. The maximum atomic E-state index is 12.9. The monoisotopic (exact) mass is 457 g/mol. The summed E-state index contributed by atoms with van der Waals surface area (Å²) >= 11 is 0. The molecule has 12 nitrogen and oxygen atoms in total. The van der Waals surface area contributed by atoms with Crippen LogP contribution in [0.5, 0.6) is 0 Å². The lowest BCUT2D eigenvalue weighted by Gasteiger charge is -2.27. The number of hydrogen-bond acceptors (Lipinski definition) is 6. The van der Waals surface area contributed by atoms with E-state index in [9.17, 15) is 24.3 Å². The number of guanidine groups is 1. The Morgan fingerprint density at radius 3 is 1.88 bits per heavy atom. The summed E-state index contributed by atoms with van der Waals surface area (Å²) in [4.78, 5) is 53.1. The molecule has 0 fully saturated rings. The van der Waals surface area contributed by atoms with Crippen molar-refractivity contribution in [2.75, 3.05) is 6.54 Å². The second-order valence-electron chi connectivity index (χ2n) is 8.56. The molecule has 0 aromatic rings. The SMILES string of the molecule is CC(C)CC(NC(=O)C(CCCN=C(N)N)NC(=O)C(NC(=O)C(C)N)C(C)C)C(=O)O. The molecular weight excluding hydrogens is 418 g/mol. The highest BCUT2D eigenvalue weighted by Gasteiger charge is 2.31. The Kier molecular flexibility index (Phi) is 12.9. The number of aliphatic imine (C=N–C) groups is 1. The van der Waals surface area contributed by atoms with Gasteiger partial charge in [0.15, 0.2) is 5.96 Å². The second-order valence-corrected chi connectivity index (χ2v) is 8.56. The highest BCUT2D eigenvalue weighted by atomic mass is 16.4. The molecule has 10 N–H and O–H groups in total. The largest absolute Gasteiger partial charge is 0.480 e.